The van der Waals surface area contributed by atoms with E-state index in [0.29, 0.717) is 42.7 Å². The van der Waals surface area contributed by atoms with Crippen LogP contribution in [0.5, 0.6) is 17.2 Å². The highest BCUT2D eigenvalue weighted by Gasteiger charge is 2.10. The number of aromatic nitrogens is 2. The van der Waals surface area contributed by atoms with Crippen molar-refractivity contribution in [2.24, 2.45) is 0 Å². The fourth-order valence-electron chi connectivity index (χ4n) is 3.10. The minimum Gasteiger partial charge on any atom is -0.490 e. The van der Waals surface area contributed by atoms with E-state index in [1.165, 1.54) is 12.3 Å². The van der Waals surface area contributed by atoms with Crippen LogP contribution in [0.3, 0.4) is 0 Å². The van der Waals surface area contributed by atoms with E-state index >= 15 is 0 Å². The first-order valence-electron chi connectivity index (χ1n) is 9.85. The number of hydrogen-bond acceptors (Lipinski definition) is 6. The molecule has 4 aromatic rings. The second-order valence-corrected chi connectivity index (χ2v) is 6.64. The molecule has 0 fully saturated rings. The monoisotopic (exact) mass is 419 g/mol. The van der Waals surface area contributed by atoms with Crippen LogP contribution in [-0.4, -0.2) is 34.1 Å². The summed E-state index contributed by atoms with van der Waals surface area (Å²) in [6.07, 6.45) is 3.22. The lowest BCUT2D eigenvalue weighted by atomic mass is 10.2. The Labute approximate surface area is 178 Å². The lowest BCUT2D eigenvalue weighted by molar-refractivity contribution is -0.385. The molecule has 0 spiro atoms. The number of hydrogen-bond donors (Lipinski definition) is 0. The molecule has 0 aliphatic heterocycles. The van der Waals surface area contributed by atoms with Gasteiger partial charge in [0.25, 0.3) is 5.69 Å². The Morgan fingerprint density at radius 3 is 2.32 bits per heavy atom. The van der Waals surface area contributed by atoms with Gasteiger partial charge in [-0.05, 0) is 49.4 Å². The molecule has 2 aromatic carbocycles. The predicted octanol–water partition coefficient (Wildman–Crippen LogP) is 4.77. The van der Waals surface area contributed by atoms with Crippen molar-refractivity contribution in [2.75, 3.05) is 19.8 Å². The molecule has 0 saturated carbocycles. The molecule has 31 heavy (non-hydrogen) atoms. The number of benzene rings is 2. The smallest absolute Gasteiger partial charge is 0.286 e. The van der Waals surface area contributed by atoms with E-state index in [2.05, 4.69) is 4.98 Å². The Morgan fingerprint density at radius 2 is 1.61 bits per heavy atom. The number of imidazole rings is 1. The zero-order valence-corrected chi connectivity index (χ0v) is 16.9. The molecule has 0 aliphatic carbocycles. The van der Waals surface area contributed by atoms with E-state index in [9.17, 15) is 10.1 Å². The summed E-state index contributed by atoms with van der Waals surface area (Å²) in [5, 5.41) is 10.9. The number of nitrogens with zero attached hydrogens (tertiary/aromatic N) is 3. The van der Waals surface area contributed by atoms with Crippen molar-refractivity contribution in [3.8, 4) is 28.5 Å². The van der Waals surface area contributed by atoms with E-state index < -0.39 is 4.92 Å². The van der Waals surface area contributed by atoms with Gasteiger partial charge in [0, 0.05) is 17.8 Å². The lowest BCUT2D eigenvalue weighted by Crippen LogP contribution is -2.09. The van der Waals surface area contributed by atoms with Gasteiger partial charge in [-0.1, -0.05) is 12.1 Å². The zero-order chi connectivity index (χ0) is 21.6. The molecule has 0 atom stereocenters. The van der Waals surface area contributed by atoms with Crippen molar-refractivity contribution >= 4 is 11.3 Å². The third-order valence-electron chi connectivity index (χ3n) is 4.55. The minimum atomic E-state index is -0.426. The standard InChI is InChI=1S/C23H21N3O5/c1-2-29-21-5-3-4-6-22(21)31-14-13-30-19-10-7-17(8-11-19)20-16-25-15-18(26(27)28)9-12-23(25)24-20/h3-12,15-16H,2,13-14H2,1H3. The summed E-state index contributed by atoms with van der Waals surface area (Å²) in [6.45, 7) is 3.28. The fourth-order valence-corrected chi connectivity index (χ4v) is 3.10. The first-order chi connectivity index (χ1) is 15.1. The largest absolute Gasteiger partial charge is 0.490 e. The lowest BCUT2D eigenvalue weighted by Gasteiger charge is -2.12. The van der Waals surface area contributed by atoms with Gasteiger partial charge < -0.3 is 14.2 Å². The van der Waals surface area contributed by atoms with Crippen molar-refractivity contribution in [3.63, 3.8) is 0 Å². The third kappa shape index (κ3) is 4.75. The number of rotatable bonds is 9. The molecular weight excluding hydrogens is 398 g/mol. The van der Waals surface area contributed by atoms with Gasteiger partial charge in [-0.3, -0.25) is 14.5 Å². The molecule has 0 amide bonds. The molecule has 8 heteroatoms. The molecule has 8 nitrogen and oxygen atoms in total. The number of ether oxygens (including phenoxy) is 3. The van der Waals surface area contributed by atoms with E-state index in [4.69, 9.17) is 14.2 Å². The summed E-state index contributed by atoms with van der Waals surface area (Å²) in [5.74, 6) is 2.12. The van der Waals surface area contributed by atoms with Gasteiger partial charge >= 0.3 is 0 Å². The second kappa shape index (κ2) is 9.17. The van der Waals surface area contributed by atoms with Crippen LogP contribution in [0.15, 0.2) is 73.1 Å². The Balaban J connectivity index is 1.35. The average molecular weight is 419 g/mol. The highest BCUT2D eigenvalue weighted by atomic mass is 16.6. The highest BCUT2D eigenvalue weighted by Crippen LogP contribution is 2.26. The Morgan fingerprint density at radius 1 is 0.903 bits per heavy atom. The maximum absolute atomic E-state index is 10.9. The molecule has 0 aliphatic rings. The van der Waals surface area contributed by atoms with Crippen LogP contribution in [0, 0.1) is 10.1 Å². The molecule has 0 N–H and O–H groups in total. The van der Waals surface area contributed by atoms with Crippen LogP contribution >= 0.6 is 0 Å². The zero-order valence-electron chi connectivity index (χ0n) is 16.9. The molecule has 0 saturated heterocycles. The van der Waals surface area contributed by atoms with Crippen molar-refractivity contribution < 1.29 is 19.1 Å². The quantitative estimate of drug-likeness (QED) is 0.221. The summed E-state index contributed by atoms with van der Waals surface area (Å²) < 4.78 is 18.7. The van der Waals surface area contributed by atoms with Crippen LogP contribution in [-0.2, 0) is 0 Å². The Hall–Kier alpha value is -4.07. The molecular formula is C23H21N3O5. The molecule has 158 valence electrons. The number of pyridine rings is 1. The van der Waals surface area contributed by atoms with Crippen molar-refractivity contribution in [1.82, 2.24) is 9.38 Å². The fraction of sp³-hybridized carbons (Fsp3) is 0.174. The van der Waals surface area contributed by atoms with E-state index in [-0.39, 0.29) is 5.69 Å². The maximum atomic E-state index is 10.9. The van der Waals surface area contributed by atoms with Crippen LogP contribution in [0.2, 0.25) is 0 Å². The molecule has 2 aromatic heterocycles. The molecule has 0 unspecified atom stereocenters. The summed E-state index contributed by atoms with van der Waals surface area (Å²) in [4.78, 5) is 15.0. The number of fused-ring (bicyclic) bond motifs is 1. The van der Waals surface area contributed by atoms with Crippen LogP contribution in [0.1, 0.15) is 6.92 Å². The topological polar surface area (TPSA) is 88.1 Å². The average Bonchev–Trinajstić information content (AvgIpc) is 3.22. The summed E-state index contributed by atoms with van der Waals surface area (Å²) in [5.41, 5.74) is 2.28. The van der Waals surface area contributed by atoms with E-state index in [0.717, 1.165) is 11.3 Å². The van der Waals surface area contributed by atoms with Gasteiger partial charge in [0.1, 0.15) is 24.6 Å². The van der Waals surface area contributed by atoms with Gasteiger partial charge in [0.15, 0.2) is 11.5 Å². The van der Waals surface area contributed by atoms with Gasteiger partial charge in [-0.25, -0.2) is 4.98 Å². The molecule has 4 rings (SSSR count). The van der Waals surface area contributed by atoms with Gasteiger partial charge in [-0.2, -0.15) is 0 Å². The summed E-state index contributed by atoms with van der Waals surface area (Å²) >= 11 is 0. The number of para-hydroxylation sites is 2. The number of nitro groups is 1. The Kier molecular flexibility index (Phi) is 5.98. The third-order valence-corrected chi connectivity index (χ3v) is 4.55. The van der Waals surface area contributed by atoms with Crippen molar-refractivity contribution in [2.45, 2.75) is 6.92 Å². The first kappa shape index (κ1) is 20.2. The summed E-state index contributed by atoms with van der Waals surface area (Å²) in [6, 6.07) is 18.1. The SMILES string of the molecule is CCOc1ccccc1OCCOc1ccc(-c2cn3cc([N+](=O)[O-])ccc3n2)cc1. The van der Waals surface area contributed by atoms with Crippen molar-refractivity contribution in [1.29, 1.82) is 0 Å². The maximum Gasteiger partial charge on any atom is 0.286 e. The molecule has 0 radical (unpaired) electrons. The van der Waals surface area contributed by atoms with Crippen LogP contribution in [0.25, 0.3) is 16.9 Å². The highest BCUT2D eigenvalue weighted by molar-refractivity contribution is 5.63. The van der Waals surface area contributed by atoms with E-state index in [1.54, 1.807) is 16.7 Å². The van der Waals surface area contributed by atoms with Gasteiger partial charge in [0.2, 0.25) is 0 Å². The normalized spacial score (nSPS) is 10.7. The predicted molar refractivity (Wildman–Crippen MR) is 116 cm³/mol. The molecule has 0 bridgehead atoms. The second-order valence-electron chi connectivity index (χ2n) is 6.64. The first-order valence-corrected chi connectivity index (χ1v) is 9.85. The van der Waals surface area contributed by atoms with Crippen molar-refractivity contribution in [3.05, 3.63) is 83.2 Å². The molecule has 2 heterocycles. The minimum absolute atomic E-state index is 0.0197. The van der Waals surface area contributed by atoms with Crippen LogP contribution in [0.4, 0.5) is 5.69 Å². The Bertz CT molecular complexity index is 1190. The van der Waals surface area contributed by atoms with Crippen LogP contribution < -0.4 is 14.2 Å². The van der Waals surface area contributed by atoms with Gasteiger partial charge in [0.05, 0.1) is 23.4 Å². The van der Waals surface area contributed by atoms with Gasteiger partial charge in [-0.15, -0.1) is 0 Å². The summed E-state index contributed by atoms with van der Waals surface area (Å²) in [7, 11) is 0. The van der Waals surface area contributed by atoms with E-state index in [1.807, 2.05) is 55.5 Å².